The molecule has 0 radical (unpaired) electrons. The third-order valence-electron chi connectivity index (χ3n) is 5.70. The first kappa shape index (κ1) is 30.0. The average molecular weight is 534 g/mol. The molecule has 0 aliphatic heterocycles. The lowest BCUT2D eigenvalue weighted by atomic mass is 10.1. The van der Waals surface area contributed by atoms with Crippen LogP contribution in [0.25, 0.3) is 0 Å². The molecule has 0 saturated heterocycles. The van der Waals surface area contributed by atoms with E-state index in [9.17, 15) is 18.0 Å². The van der Waals surface area contributed by atoms with Gasteiger partial charge < -0.3 is 19.7 Å². The van der Waals surface area contributed by atoms with Crippen molar-refractivity contribution in [1.82, 2.24) is 10.2 Å². The Labute approximate surface area is 220 Å². The van der Waals surface area contributed by atoms with Crippen LogP contribution in [-0.2, 0) is 26.0 Å². The number of nitrogens with zero attached hydrogens (tertiary/aromatic N) is 2. The van der Waals surface area contributed by atoms with Crippen molar-refractivity contribution < 1.29 is 27.5 Å². The van der Waals surface area contributed by atoms with E-state index in [1.807, 2.05) is 58.0 Å². The van der Waals surface area contributed by atoms with Crippen molar-refractivity contribution in [2.24, 2.45) is 0 Å². The highest BCUT2D eigenvalue weighted by Gasteiger charge is 2.33. The van der Waals surface area contributed by atoms with Gasteiger partial charge in [-0.05, 0) is 51.3 Å². The minimum atomic E-state index is -3.88. The van der Waals surface area contributed by atoms with Gasteiger partial charge >= 0.3 is 0 Å². The Morgan fingerprint density at radius 3 is 2.19 bits per heavy atom. The number of carbonyl (C=O) groups excluding carboxylic acids is 2. The number of ether oxygens (including phenoxy) is 2. The topological polar surface area (TPSA) is 105 Å². The SMILES string of the molecule is CC[C@@H](C(=O)NC(C)(C)C)N(CCc1ccccc1)C(=O)CN(c1ccc(OC)cc1OC)S(C)(=O)=O. The Morgan fingerprint density at radius 1 is 1.03 bits per heavy atom. The average Bonchev–Trinajstić information content (AvgIpc) is 2.83. The molecular weight excluding hydrogens is 494 g/mol. The standard InChI is InChI=1S/C27H39N3O6S/c1-8-22(26(32)28-27(2,3)4)29(17-16-20-12-10-9-11-13-20)25(31)19-30(37(7,33)34)23-15-14-21(35-5)18-24(23)36-6/h9-15,18,22H,8,16-17,19H2,1-7H3,(H,28,32)/t22-/m0/s1. The van der Waals surface area contributed by atoms with Gasteiger partial charge in [0.05, 0.1) is 26.2 Å². The molecule has 2 aromatic carbocycles. The van der Waals surface area contributed by atoms with E-state index in [2.05, 4.69) is 5.32 Å². The minimum absolute atomic E-state index is 0.203. The number of nitrogens with one attached hydrogen (secondary N) is 1. The van der Waals surface area contributed by atoms with Gasteiger partial charge in [-0.25, -0.2) is 8.42 Å². The Hall–Kier alpha value is -3.27. The molecule has 10 heteroatoms. The molecule has 0 aliphatic carbocycles. The molecule has 0 saturated carbocycles. The maximum atomic E-state index is 13.8. The molecule has 37 heavy (non-hydrogen) atoms. The van der Waals surface area contributed by atoms with Crippen LogP contribution in [0.5, 0.6) is 11.5 Å². The molecule has 9 nitrogen and oxygen atoms in total. The molecule has 0 aromatic heterocycles. The second-order valence-corrected chi connectivity index (χ2v) is 11.7. The summed E-state index contributed by atoms with van der Waals surface area (Å²) in [6.45, 7) is 7.20. The number of amides is 2. The lowest BCUT2D eigenvalue weighted by molar-refractivity contribution is -0.140. The van der Waals surface area contributed by atoms with Gasteiger partial charge in [-0.2, -0.15) is 0 Å². The molecule has 0 spiro atoms. The van der Waals surface area contributed by atoms with Crippen LogP contribution in [0.4, 0.5) is 5.69 Å². The summed E-state index contributed by atoms with van der Waals surface area (Å²) in [5.41, 5.74) is 0.714. The summed E-state index contributed by atoms with van der Waals surface area (Å²) in [4.78, 5) is 28.4. The third kappa shape index (κ3) is 8.66. The molecule has 0 aliphatic rings. The van der Waals surface area contributed by atoms with Gasteiger partial charge in [0.2, 0.25) is 21.8 Å². The summed E-state index contributed by atoms with van der Waals surface area (Å²) in [5.74, 6) is -0.0554. The third-order valence-corrected chi connectivity index (χ3v) is 6.83. The van der Waals surface area contributed by atoms with Crippen LogP contribution in [0.3, 0.4) is 0 Å². The molecule has 2 aromatic rings. The van der Waals surface area contributed by atoms with Crippen molar-refractivity contribution in [1.29, 1.82) is 0 Å². The van der Waals surface area contributed by atoms with Gasteiger partial charge in [-0.15, -0.1) is 0 Å². The predicted molar refractivity (Wildman–Crippen MR) is 146 cm³/mol. The van der Waals surface area contributed by atoms with Crippen molar-refractivity contribution >= 4 is 27.5 Å². The molecule has 0 unspecified atom stereocenters. The number of anilines is 1. The molecule has 2 rings (SSSR count). The van der Waals surface area contributed by atoms with E-state index >= 15 is 0 Å². The molecule has 0 bridgehead atoms. The highest BCUT2D eigenvalue weighted by molar-refractivity contribution is 7.92. The number of rotatable bonds is 12. The number of hydrogen-bond donors (Lipinski definition) is 1. The molecular formula is C27H39N3O6S. The fourth-order valence-corrected chi connectivity index (χ4v) is 4.79. The number of methoxy groups -OCH3 is 2. The second-order valence-electron chi connectivity index (χ2n) is 9.79. The van der Waals surface area contributed by atoms with Gasteiger partial charge in [0.15, 0.2) is 0 Å². The van der Waals surface area contributed by atoms with Crippen molar-refractivity contribution in [3.05, 3.63) is 54.1 Å². The van der Waals surface area contributed by atoms with E-state index in [0.717, 1.165) is 16.1 Å². The van der Waals surface area contributed by atoms with Gasteiger partial charge in [0, 0.05) is 18.2 Å². The smallest absolute Gasteiger partial charge is 0.244 e. The van der Waals surface area contributed by atoms with Crippen molar-refractivity contribution in [2.45, 2.75) is 52.1 Å². The van der Waals surface area contributed by atoms with Crippen LogP contribution in [0.1, 0.15) is 39.7 Å². The zero-order valence-electron chi connectivity index (χ0n) is 22.8. The summed E-state index contributed by atoms with van der Waals surface area (Å²) in [5, 5.41) is 2.95. The normalized spacial score (nSPS) is 12.4. The summed E-state index contributed by atoms with van der Waals surface area (Å²) in [6.07, 6.45) is 1.91. The maximum Gasteiger partial charge on any atom is 0.244 e. The van der Waals surface area contributed by atoms with Crippen LogP contribution < -0.4 is 19.1 Å². The molecule has 2 amide bonds. The predicted octanol–water partition coefficient (Wildman–Crippen LogP) is 3.23. The molecule has 0 fully saturated rings. The largest absolute Gasteiger partial charge is 0.497 e. The summed E-state index contributed by atoms with van der Waals surface area (Å²) >= 11 is 0. The highest BCUT2D eigenvalue weighted by atomic mass is 32.2. The Morgan fingerprint density at radius 2 is 1.68 bits per heavy atom. The number of benzene rings is 2. The monoisotopic (exact) mass is 533 g/mol. The van der Waals surface area contributed by atoms with Gasteiger partial charge in [0.1, 0.15) is 24.1 Å². The first-order valence-electron chi connectivity index (χ1n) is 12.2. The summed E-state index contributed by atoms with van der Waals surface area (Å²) in [6, 6.07) is 13.5. The van der Waals surface area contributed by atoms with E-state index in [1.54, 1.807) is 12.1 Å². The van der Waals surface area contributed by atoms with Crippen LogP contribution in [0.15, 0.2) is 48.5 Å². The Bertz CT molecular complexity index is 1160. The fraction of sp³-hybridized carbons (Fsp3) is 0.481. The van der Waals surface area contributed by atoms with E-state index in [1.165, 1.54) is 25.2 Å². The number of hydrogen-bond acceptors (Lipinski definition) is 6. The quantitative estimate of drug-likeness (QED) is 0.449. The lowest BCUT2D eigenvalue weighted by Gasteiger charge is -2.34. The lowest BCUT2D eigenvalue weighted by Crippen LogP contribution is -2.56. The first-order chi connectivity index (χ1) is 17.3. The molecule has 1 atom stereocenters. The Balaban J connectivity index is 2.45. The van der Waals surface area contributed by atoms with E-state index in [-0.39, 0.29) is 23.9 Å². The molecule has 1 N–H and O–H groups in total. The van der Waals surface area contributed by atoms with E-state index in [0.29, 0.717) is 18.6 Å². The highest BCUT2D eigenvalue weighted by Crippen LogP contribution is 2.33. The summed E-state index contributed by atoms with van der Waals surface area (Å²) < 4.78 is 37.3. The van der Waals surface area contributed by atoms with Crippen molar-refractivity contribution in [2.75, 3.05) is 37.9 Å². The fourth-order valence-electron chi connectivity index (χ4n) is 3.93. The van der Waals surface area contributed by atoms with Crippen molar-refractivity contribution in [3.63, 3.8) is 0 Å². The minimum Gasteiger partial charge on any atom is -0.497 e. The van der Waals surface area contributed by atoms with Crippen molar-refractivity contribution in [3.8, 4) is 11.5 Å². The van der Waals surface area contributed by atoms with Gasteiger partial charge in [-0.1, -0.05) is 37.3 Å². The van der Waals surface area contributed by atoms with Gasteiger partial charge in [0.25, 0.3) is 0 Å². The van der Waals surface area contributed by atoms with E-state index < -0.39 is 34.1 Å². The first-order valence-corrected chi connectivity index (χ1v) is 14.0. The number of carbonyl (C=O) groups is 2. The summed E-state index contributed by atoms with van der Waals surface area (Å²) in [7, 11) is -0.979. The number of sulfonamides is 1. The van der Waals surface area contributed by atoms with Gasteiger partial charge in [-0.3, -0.25) is 13.9 Å². The van der Waals surface area contributed by atoms with Crippen LogP contribution in [-0.4, -0.2) is 70.3 Å². The Kier molecular flexibility index (Phi) is 10.4. The molecule has 0 heterocycles. The zero-order valence-corrected chi connectivity index (χ0v) is 23.6. The molecule has 204 valence electrons. The van der Waals surface area contributed by atoms with Crippen LogP contribution in [0, 0.1) is 0 Å². The van der Waals surface area contributed by atoms with E-state index in [4.69, 9.17) is 9.47 Å². The van der Waals surface area contributed by atoms with Crippen LogP contribution in [0.2, 0.25) is 0 Å². The van der Waals surface area contributed by atoms with Crippen LogP contribution >= 0.6 is 0 Å². The second kappa shape index (κ2) is 12.8. The maximum absolute atomic E-state index is 13.8. The zero-order chi connectivity index (χ0) is 27.8.